The first-order valence-electron chi connectivity index (χ1n) is 29.6. The topological polar surface area (TPSA) is 231 Å². The van der Waals surface area contributed by atoms with Crippen LogP contribution in [0.1, 0.15) is 232 Å². The maximum absolute atomic E-state index is 13.1. The van der Waals surface area contributed by atoms with Gasteiger partial charge in [-0.1, -0.05) is 192 Å². The van der Waals surface area contributed by atoms with E-state index in [1.54, 1.807) is 0 Å². The van der Waals surface area contributed by atoms with E-state index in [9.17, 15) is 45.3 Å². The van der Waals surface area contributed by atoms with Crippen molar-refractivity contribution in [2.24, 2.45) is 0 Å². The summed E-state index contributed by atoms with van der Waals surface area (Å²) >= 11 is 0. The van der Waals surface area contributed by atoms with Gasteiger partial charge in [0.05, 0.1) is 19.8 Å². The third kappa shape index (κ3) is 32.5. The Balaban J connectivity index is 1.76. The van der Waals surface area contributed by atoms with Crippen molar-refractivity contribution in [2.75, 3.05) is 26.4 Å². The number of aliphatic hydroxyl groups excluding tert-OH is 7. The van der Waals surface area contributed by atoms with Gasteiger partial charge in [-0.05, 0) is 64.2 Å². The Morgan fingerprint density at radius 3 is 1.31 bits per heavy atom. The maximum Gasteiger partial charge on any atom is 0.306 e. The molecule has 0 spiro atoms. The molecule has 2 aliphatic rings. The summed E-state index contributed by atoms with van der Waals surface area (Å²) in [5.74, 6) is -0.971. The number of carbonyl (C=O) groups excluding carboxylic acids is 2. The second-order valence-electron chi connectivity index (χ2n) is 20.8. The van der Waals surface area contributed by atoms with Crippen molar-refractivity contribution in [3.63, 3.8) is 0 Å². The second-order valence-corrected chi connectivity index (χ2v) is 20.8. The van der Waals surface area contributed by atoms with E-state index < -0.39 is 99.3 Å². The van der Waals surface area contributed by atoms with Gasteiger partial charge in [-0.15, -0.1) is 0 Å². The largest absolute Gasteiger partial charge is 0.462 e. The van der Waals surface area contributed by atoms with Crippen molar-refractivity contribution in [3.8, 4) is 0 Å². The average Bonchev–Trinajstić information content (AvgIpc) is 3.39. The van der Waals surface area contributed by atoms with Crippen molar-refractivity contribution in [3.05, 3.63) is 36.5 Å². The molecule has 74 heavy (non-hydrogen) atoms. The fraction of sp³-hybridized carbons (Fsp3) is 0.864. The summed E-state index contributed by atoms with van der Waals surface area (Å²) in [5.41, 5.74) is 0. The van der Waals surface area contributed by atoms with Gasteiger partial charge in [0.2, 0.25) is 0 Å². The van der Waals surface area contributed by atoms with Crippen LogP contribution in [0.4, 0.5) is 0 Å². The van der Waals surface area contributed by atoms with Crippen molar-refractivity contribution in [2.45, 2.75) is 300 Å². The number of unbranched alkanes of at least 4 members (excludes halogenated alkanes) is 27. The van der Waals surface area contributed by atoms with E-state index in [1.807, 2.05) is 0 Å². The molecule has 0 aliphatic carbocycles. The molecule has 0 bridgehead atoms. The van der Waals surface area contributed by atoms with Gasteiger partial charge in [0.15, 0.2) is 18.7 Å². The zero-order chi connectivity index (χ0) is 53.9. The van der Waals surface area contributed by atoms with E-state index in [1.165, 1.54) is 154 Å². The third-order valence-electron chi connectivity index (χ3n) is 14.1. The Labute approximate surface area is 446 Å². The van der Waals surface area contributed by atoms with E-state index in [4.69, 9.17) is 28.4 Å². The van der Waals surface area contributed by atoms with Crippen LogP contribution in [0.5, 0.6) is 0 Å². The lowest BCUT2D eigenvalue weighted by molar-refractivity contribution is -0.332. The highest BCUT2D eigenvalue weighted by atomic mass is 16.7. The molecule has 0 amide bonds. The summed E-state index contributed by atoms with van der Waals surface area (Å²) in [7, 11) is 0. The Morgan fingerprint density at radius 2 is 0.824 bits per heavy atom. The van der Waals surface area contributed by atoms with Crippen LogP contribution >= 0.6 is 0 Å². The van der Waals surface area contributed by atoms with E-state index in [-0.39, 0.29) is 19.4 Å². The summed E-state index contributed by atoms with van der Waals surface area (Å²) < 4.78 is 33.7. The van der Waals surface area contributed by atoms with Crippen LogP contribution in [0.2, 0.25) is 0 Å². The van der Waals surface area contributed by atoms with Gasteiger partial charge >= 0.3 is 11.9 Å². The van der Waals surface area contributed by atoms with Gasteiger partial charge in [0, 0.05) is 12.8 Å². The smallest absolute Gasteiger partial charge is 0.306 e. The SMILES string of the molecule is CCCCCCCC/C=C/CCCCCCCCCCCCCC(=O)O[C@H](COC(=O)CCC/C=C/C/C=C/CCCCCCCCCCC)CO[C@H]1O[C@@H](CO[C@H]2O[C@@H](CO)[C@@H](O)C(O)C2O)[C@@H](O)C(O)C1O. The first-order valence-corrected chi connectivity index (χ1v) is 29.6. The van der Waals surface area contributed by atoms with Gasteiger partial charge in [0.1, 0.15) is 55.4 Å². The maximum atomic E-state index is 13.1. The van der Waals surface area contributed by atoms with Gasteiger partial charge < -0.3 is 64.2 Å². The van der Waals surface area contributed by atoms with E-state index >= 15 is 0 Å². The Kier molecular flexibility index (Phi) is 41.9. The van der Waals surface area contributed by atoms with Crippen LogP contribution in [0.15, 0.2) is 36.5 Å². The van der Waals surface area contributed by atoms with Crippen LogP contribution in [0.25, 0.3) is 0 Å². The Bertz CT molecular complexity index is 1430. The first-order chi connectivity index (χ1) is 36.0. The van der Waals surface area contributed by atoms with Crippen molar-refractivity contribution in [1.82, 2.24) is 0 Å². The molecule has 2 aliphatic heterocycles. The van der Waals surface area contributed by atoms with E-state index in [2.05, 4.69) is 50.3 Å². The molecular formula is C59H106O15. The standard InChI is InChI=1S/C59H106O15/c1-3-5-7-9-11-13-15-17-19-21-22-23-24-26-28-30-32-34-36-38-40-42-51(62)72-47(44-69-50(61)41-39-37-35-33-31-29-27-25-20-18-16-14-12-10-8-6-4-2)45-70-58-57(68)55(66)53(64)49(74-58)46-71-59-56(67)54(65)52(63)48(43-60)73-59/h17,19,27,29,33,35,47-49,52-60,63-68H,3-16,18,20-26,28,30-32,34,36-46H2,1-2H3/b19-17+,29-27+,35-33+/t47-,48+,49+,52-,53-,54?,55?,56?,57?,58+,59+/m1/s1. The average molecular weight is 1060 g/mol. The molecule has 2 saturated heterocycles. The molecular weight excluding hydrogens is 949 g/mol. The molecule has 7 N–H and O–H groups in total. The fourth-order valence-electron chi connectivity index (χ4n) is 9.25. The van der Waals surface area contributed by atoms with E-state index in [0.717, 1.165) is 32.1 Å². The first kappa shape index (κ1) is 67.8. The molecule has 432 valence electrons. The number of hydrogen-bond acceptors (Lipinski definition) is 15. The summed E-state index contributed by atoms with van der Waals surface area (Å²) in [4.78, 5) is 25.9. The number of ether oxygens (including phenoxy) is 6. The Hall–Kier alpha value is -2.28. The molecule has 2 heterocycles. The minimum absolute atomic E-state index is 0.155. The summed E-state index contributed by atoms with van der Waals surface area (Å²) in [6.07, 6.45) is 34.6. The molecule has 15 nitrogen and oxygen atoms in total. The zero-order valence-electron chi connectivity index (χ0n) is 46.1. The van der Waals surface area contributed by atoms with Crippen molar-refractivity contribution < 1.29 is 73.8 Å². The summed E-state index contributed by atoms with van der Waals surface area (Å²) in [6, 6.07) is 0. The molecule has 2 rings (SSSR count). The van der Waals surface area contributed by atoms with Gasteiger partial charge in [-0.2, -0.15) is 0 Å². The van der Waals surface area contributed by atoms with Gasteiger partial charge in [-0.25, -0.2) is 0 Å². The molecule has 2 fully saturated rings. The Morgan fingerprint density at radius 1 is 0.432 bits per heavy atom. The van der Waals surface area contributed by atoms with E-state index in [0.29, 0.717) is 19.3 Å². The highest BCUT2D eigenvalue weighted by Gasteiger charge is 2.47. The molecule has 0 aromatic heterocycles. The minimum Gasteiger partial charge on any atom is -0.462 e. The van der Waals surface area contributed by atoms with Gasteiger partial charge in [-0.3, -0.25) is 9.59 Å². The number of aliphatic hydroxyl groups is 7. The second kappa shape index (κ2) is 45.7. The molecule has 15 heteroatoms. The van der Waals surface area contributed by atoms with Crippen LogP contribution in [0.3, 0.4) is 0 Å². The van der Waals surface area contributed by atoms with Crippen molar-refractivity contribution in [1.29, 1.82) is 0 Å². The van der Waals surface area contributed by atoms with Gasteiger partial charge in [0.25, 0.3) is 0 Å². The molecule has 0 aromatic rings. The van der Waals surface area contributed by atoms with Crippen LogP contribution < -0.4 is 0 Å². The predicted octanol–water partition coefficient (Wildman–Crippen LogP) is 10.1. The lowest BCUT2D eigenvalue weighted by atomic mass is 9.98. The quantitative estimate of drug-likeness (QED) is 0.0171. The van der Waals surface area contributed by atoms with Crippen LogP contribution in [-0.4, -0.2) is 142 Å². The lowest BCUT2D eigenvalue weighted by Gasteiger charge is -2.42. The molecule has 0 radical (unpaired) electrons. The summed E-state index contributed by atoms with van der Waals surface area (Å²) in [6.45, 7) is 2.58. The molecule has 0 aromatic carbocycles. The number of allylic oxidation sites excluding steroid dienone is 6. The monoisotopic (exact) mass is 1050 g/mol. The fourth-order valence-corrected chi connectivity index (χ4v) is 9.25. The minimum atomic E-state index is -1.77. The predicted molar refractivity (Wildman–Crippen MR) is 289 cm³/mol. The summed E-state index contributed by atoms with van der Waals surface area (Å²) in [5, 5.41) is 72.3. The number of hydrogen-bond donors (Lipinski definition) is 7. The van der Waals surface area contributed by atoms with Crippen LogP contribution in [-0.2, 0) is 38.0 Å². The zero-order valence-corrected chi connectivity index (χ0v) is 46.1. The molecule has 4 unspecified atom stereocenters. The molecule has 11 atom stereocenters. The lowest BCUT2D eigenvalue weighted by Crippen LogP contribution is -2.61. The highest BCUT2D eigenvalue weighted by molar-refractivity contribution is 5.70. The normalized spacial score (nSPS) is 24.9. The number of rotatable bonds is 47. The molecule has 0 saturated carbocycles. The third-order valence-corrected chi connectivity index (χ3v) is 14.1. The highest BCUT2D eigenvalue weighted by Crippen LogP contribution is 2.27. The van der Waals surface area contributed by atoms with Crippen LogP contribution in [0, 0.1) is 0 Å². The van der Waals surface area contributed by atoms with Crippen molar-refractivity contribution >= 4 is 11.9 Å². The number of esters is 2. The number of carbonyl (C=O) groups is 2.